The van der Waals surface area contributed by atoms with Crippen molar-refractivity contribution in [3.63, 3.8) is 0 Å². The van der Waals surface area contributed by atoms with Crippen molar-refractivity contribution in [3.8, 4) is 0 Å². The molecular weight excluding hydrogens is 226 g/mol. The highest BCUT2D eigenvalue weighted by atomic mass is 16.1. The quantitative estimate of drug-likeness (QED) is 0.800. The Labute approximate surface area is 107 Å². The predicted molar refractivity (Wildman–Crippen MR) is 70.6 cm³/mol. The van der Waals surface area contributed by atoms with Gasteiger partial charge in [-0.3, -0.25) is 9.79 Å². The number of Topliss-reactive ketones (excluding diaryl/α,β-unsaturated/α-hetero) is 1. The lowest BCUT2D eigenvalue weighted by molar-refractivity contribution is -0.121. The Morgan fingerprint density at radius 3 is 2.39 bits per heavy atom. The molecule has 0 spiro atoms. The zero-order chi connectivity index (χ0) is 13.3. The second kappa shape index (κ2) is 4.44. The minimum atomic E-state index is -0.420. The summed E-state index contributed by atoms with van der Waals surface area (Å²) in [4.78, 5) is 25.2. The lowest BCUT2D eigenvalue weighted by atomic mass is 9.83. The molecule has 1 aromatic heterocycles. The number of rotatable bonds is 2. The molecule has 0 amide bonds. The Hall–Kier alpha value is -1.84. The molecule has 0 unspecified atom stereocenters. The molecule has 1 aliphatic heterocycles. The van der Waals surface area contributed by atoms with Gasteiger partial charge in [0.15, 0.2) is 11.6 Å². The van der Waals surface area contributed by atoms with Gasteiger partial charge in [0.2, 0.25) is 0 Å². The Bertz CT molecular complexity index is 536. The van der Waals surface area contributed by atoms with Crippen LogP contribution in [0.15, 0.2) is 34.6 Å². The summed E-state index contributed by atoms with van der Waals surface area (Å²) in [6, 6.07) is 1.75. The second-order valence-corrected chi connectivity index (χ2v) is 5.47. The van der Waals surface area contributed by atoms with Crippen molar-refractivity contribution < 1.29 is 4.79 Å². The first-order valence-electron chi connectivity index (χ1n) is 5.98. The number of allylic oxidation sites excluding steroid dienone is 1. The standard InChI is InChI=1S/C14H17N3O/c1-9-8-17-11(13-15-6-5-7-16-13)10(9)12(18)14(2,3)4/h5-7H,8H2,1-4H3. The van der Waals surface area contributed by atoms with Gasteiger partial charge in [0, 0.05) is 23.4 Å². The van der Waals surface area contributed by atoms with E-state index < -0.39 is 5.41 Å². The SMILES string of the molecule is CC1=C(C(=O)C(C)(C)C)C(c2ncccn2)=NC1. The van der Waals surface area contributed by atoms with Gasteiger partial charge in [-0.25, -0.2) is 9.97 Å². The molecule has 4 heteroatoms. The fourth-order valence-corrected chi connectivity index (χ4v) is 1.84. The summed E-state index contributed by atoms with van der Waals surface area (Å²) < 4.78 is 0. The number of aromatic nitrogens is 2. The second-order valence-electron chi connectivity index (χ2n) is 5.47. The van der Waals surface area contributed by atoms with E-state index in [4.69, 9.17) is 0 Å². The summed E-state index contributed by atoms with van der Waals surface area (Å²) in [5.41, 5.74) is 1.90. The molecule has 0 N–H and O–H groups in total. The van der Waals surface area contributed by atoms with Crippen molar-refractivity contribution in [2.45, 2.75) is 27.7 Å². The van der Waals surface area contributed by atoms with Gasteiger partial charge < -0.3 is 0 Å². The number of hydrogen-bond acceptors (Lipinski definition) is 4. The maximum Gasteiger partial charge on any atom is 0.178 e. The van der Waals surface area contributed by atoms with Crippen LogP contribution < -0.4 is 0 Å². The highest BCUT2D eigenvalue weighted by molar-refractivity contribution is 6.30. The summed E-state index contributed by atoms with van der Waals surface area (Å²) in [6.45, 7) is 8.25. The minimum absolute atomic E-state index is 0.101. The molecule has 0 radical (unpaired) electrons. The number of carbonyl (C=O) groups excluding carboxylic acids is 1. The Morgan fingerprint density at radius 1 is 1.22 bits per heavy atom. The molecule has 0 saturated carbocycles. The first kappa shape index (κ1) is 12.6. The molecular formula is C14H17N3O. The highest BCUT2D eigenvalue weighted by Crippen LogP contribution is 2.27. The van der Waals surface area contributed by atoms with E-state index in [1.165, 1.54) is 0 Å². The van der Waals surface area contributed by atoms with E-state index >= 15 is 0 Å². The van der Waals surface area contributed by atoms with Gasteiger partial charge in [-0.05, 0) is 18.6 Å². The number of nitrogens with zero attached hydrogens (tertiary/aromatic N) is 3. The average Bonchev–Trinajstić information content (AvgIpc) is 2.70. The van der Waals surface area contributed by atoms with E-state index in [1.54, 1.807) is 18.5 Å². The molecule has 0 aliphatic carbocycles. The summed E-state index contributed by atoms with van der Waals surface area (Å²) in [7, 11) is 0. The lowest BCUT2D eigenvalue weighted by Crippen LogP contribution is -2.27. The molecule has 0 bridgehead atoms. The number of ketones is 1. The fraction of sp³-hybridized carbons (Fsp3) is 0.429. The summed E-state index contributed by atoms with van der Waals surface area (Å²) in [5, 5.41) is 0. The van der Waals surface area contributed by atoms with Gasteiger partial charge in [-0.1, -0.05) is 20.8 Å². The summed E-state index contributed by atoms with van der Waals surface area (Å²) in [5.74, 6) is 0.630. The van der Waals surface area contributed by atoms with E-state index in [0.29, 0.717) is 23.7 Å². The molecule has 18 heavy (non-hydrogen) atoms. The molecule has 2 heterocycles. The molecule has 2 rings (SSSR count). The molecule has 0 aromatic carbocycles. The Kier molecular flexibility index (Phi) is 3.11. The van der Waals surface area contributed by atoms with Crippen LogP contribution >= 0.6 is 0 Å². The first-order chi connectivity index (χ1) is 8.41. The molecule has 0 fully saturated rings. The van der Waals surface area contributed by atoms with Gasteiger partial charge in [-0.15, -0.1) is 0 Å². The van der Waals surface area contributed by atoms with E-state index in [1.807, 2.05) is 27.7 Å². The predicted octanol–water partition coefficient (Wildman–Crippen LogP) is 2.21. The third-order valence-electron chi connectivity index (χ3n) is 2.82. The maximum atomic E-state index is 12.5. The van der Waals surface area contributed by atoms with Crippen molar-refractivity contribution in [1.29, 1.82) is 0 Å². The Balaban J connectivity index is 2.44. The van der Waals surface area contributed by atoms with Crippen LogP contribution in [0, 0.1) is 5.41 Å². The molecule has 1 aliphatic rings. The summed E-state index contributed by atoms with van der Waals surface area (Å²) >= 11 is 0. The van der Waals surface area contributed by atoms with Crippen molar-refractivity contribution >= 4 is 11.5 Å². The monoisotopic (exact) mass is 243 g/mol. The van der Waals surface area contributed by atoms with Crippen LogP contribution in [0.2, 0.25) is 0 Å². The normalized spacial score (nSPS) is 15.9. The van der Waals surface area contributed by atoms with Gasteiger partial charge >= 0.3 is 0 Å². The zero-order valence-corrected chi connectivity index (χ0v) is 11.2. The molecule has 4 nitrogen and oxygen atoms in total. The van der Waals surface area contributed by atoms with E-state index in [-0.39, 0.29) is 5.78 Å². The van der Waals surface area contributed by atoms with Crippen LogP contribution in [0.1, 0.15) is 33.5 Å². The number of hydrogen-bond donors (Lipinski definition) is 0. The van der Waals surface area contributed by atoms with Gasteiger partial charge in [0.25, 0.3) is 0 Å². The van der Waals surface area contributed by atoms with Crippen LogP contribution in [0.5, 0.6) is 0 Å². The van der Waals surface area contributed by atoms with Crippen molar-refractivity contribution in [3.05, 3.63) is 35.4 Å². The molecule has 0 saturated heterocycles. The van der Waals surface area contributed by atoms with Crippen LogP contribution in [0.4, 0.5) is 0 Å². The third-order valence-corrected chi connectivity index (χ3v) is 2.82. The van der Waals surface area contributed by atoms with Gasteiger partial charge in [0.1, 0.15) is 5.71 Å². The molecule has 94 valence electrons. The van der Waals surface area contributed by atoms with Gasteiger partial charge in [0.05, 0.1) is 6.54 Å². The largest absolute Gasteiger partial charge is 0.294 e. The maximum absolute atomic E-state index is 12.5. The number of aliphatic imine (C=N–C) groups is 1. The highest BCUT2D eigenvalue weighted by Gasteiger charge is 2.33. The molecule has 0 atom stereocenters. The van der Waals surface area contributed by atoms with Crippen LogP contribution in [0.3, 0.4) is 0 Å². The lowest BCUT2D eigenvalue weighted by Gasteiger charge is -2.18. The Morgan fingerprint density at radius 2 is 1.83 bits per heavy atom. The van der Waals surface area contributed by atoms with E-state index in [2.05, 4.69) is 15.0 Å². The smallest absolute Gasteiger partial charge is 0.178 e. The minimum Gasteiger partial charge on any atom is -0.294 e. The fourth-order valence-electron chi connectivity index (χ4n) is 1.84. The first-order valence-corrected chi connectivity index (χ1v) is 5.98. The van der Waals surface area contributed by atoms with E-state index in [0.717, 1.165) is 5.57 Å². The molecule has 1 aromatic rings. The van der Waals surface area contributed by atoms with Crippen molar-refractivity contribution in [2.75, 3.05) is 6.54 Å². The summed E-state index contributed by atoms with van der Waals surface area (Å²) in [6.07, 6.45) is 3.33. The van der Waals surface area contributed by atoms with Crippen LogP contribution in [-0.2, 0) is 4.79 Å². The number of carbonyl (C=O) groups is 1. The topological polar surface area (TPSA) is 55.2 Å². The van der Waals surface area contributed by atoms with E-state index in [9.17, 15) is 4.79 Å². The zero-order valence-electron chi connectivity index (χ0n) is 11.2. The average molecular weight is 243 g/mol. The van der Waals surface area contributed by atoms with Crippen molar-refractivity contribution in [1.82, 2.24) is 9.97 Å². The van der Waals surface area contributed by atoms with Crippen LogP contribution in [0.25, 0.3) is 0 Å². The third kappa shape index (κ3) is 2.23. The van der Waals surface area contributed by atoms with Gasteiger partial charge in [-0.2, -0.15) is 0 Å². The van der Waals surface area contributed by atoms with Crippen LogP contribution in [-0.4, -0.2) is 28.0 Å². The van der Waals surface area contributed by atoms with Crippen molar-refractivity contribution in [2.24, 2.45) is 10.4 Å².